The van der Waals surface area contributed by atoms with Crippen LogP contribution < -0.4 is 0 Å². The van der Waals surface area contributed by atoms with E-state index < -0.39 is 0 Å². The zero-order valence-corrected chi connectivity index (χ0v) is 12.7. The van der Waals surface area contributed by atoms with Crippen LogP contribution in [0.25, 0.3) is 17.0 Å². The smallest absolute Gasteiger partial charge is 0.163 e. The van der Waals surface area contributed by atoms with E-state index in [0.717, 1.165) is 22.3 Å². The molecule has 0 aliphatic heterocycles. The summed E-state index contributed by atoms with van der Waals surface area (Å²) in [4.78, 5) is 13.5. The van der Waals surface area contributed by atoms with Gasteiger partial charge in [-0.25, -0.2) is 15.0 Å². The second-order valence-electron chi connectivity index (χ2n) is 4.94. The molecule has 1 aromatic heterocycles. The van der Waals surface area contributed by atoms with Crippen molar-refractivity contribution >= 4 is 5.57 Å². The molecule has 3 heteroatoms. The normalized spacial score (nSPS) is 11.3. The molecule has 0 N–H and O–H groups in total. The van der Waals surface area contributed by atoms with E-state index in [-0.39, 0.29) is 0 Å². The van der Waals surface area contributed by atoms with Gasteiger partial charge in [-0.1, -0.05) is 49.6 Å². The Morgan fingerprint density at radius 1 is 1.10 bits per heavy atom. The quantitative estimate of drug-likeness (QED) is 0.782. The second kappa shape index (κ2) is 6.27. The average molecular weight is 277 g/mol. The molecule has 0 spiro atoms. The third-order valence-corrected chi connectivity index (χ3v) is 3.12. The van der Waals surface area contributed by atoms with E-state index in [1.807, 2.05) is 51.1 Å². The molecule has 0 saturated carbocycles. The van der Waals surface area contributed by atoms with E-state index in [2.05, 4.69) is 28.1 Å². The van der Waals surface area contributed by atoms with E-state index in [9.17, 15) is 0 Å². The highest BCUT2D eigenvalue weighted by molar-refractivity contribution is 5.76. The zero-order chi connectivity index (χ0) is 15.4. The third kappa shape index (κ3) is 3.31. The highest BCUT2D eigenvalue weighted by Gasteiger charge is 2.11. The molecule has 0 aliphatic carbocycles. The molecular weight excluding hydrogens is 258 g/mol. The summed E-state index contributed by atoms with van der Waals surface area (Å²) in [5.74, 6) is 2.01. The Morgan fingerprint density at radius 2 is 1.81 bits per heavy atom. The largest absolute Gasteiger partial charge is 0.213 e. The SMILES string of the molecule is C=C/C=C(\C(=C)C)c1nc(C)nc(-c2ccccc2C)n1. The molecule has 3 nitrogen and oxygen atoms in total. The third-order valence-electron chi connectivity index (χ3n) is 3.12. The van der Waals surface area contributed by atoms with E-state index >= 15 is 0 Å². The Kier molecular flexibility index (Phi) is 4.43. The highest BCUT2D eigenvalue weighted by Crippen LogP contribution is 2.23. The van der Waals surface area contributed by atoms with Crippen molar-refractivity contribution in [3.63, 3.8) is 0 Å². The summed E-state index contributed by atoms with van der Waals surface area (Å²) in [6.07, 6.45) is 3.59. The molecule has 0 fully saturated rings. The Bertz CT molecular complexity index is 727. The number of rotatable bonds is 4. The molecule has 0 saturated heterocycles. The van der Waals surface area contributed by atoms with Gasteiger partial charge < -0.3 is 0 Å². The monoisotopic (exact) mass is 277 g/mol. The van der Waals surface area contributed by atoms with E-state index in [4.69, 9.17) is 0 Å². The number of benzene rings is 1. The van der Waals surface area contributed by atoms with Gasteiger partial charge in [-0.2, -0.15) is 0 Å². The fraction of sp³-hybridized carbons (Fsp3) is 0.167. The zero-order valence-electron chi connectivity index (χ0n) is 12.7. The number of hydrogen-bond donors (Lipinski definition) is 0. The van der Waals surface area contributed by atoms with Crippen molar-refractivity contribution in [3.05, 3.63) is 72.4 Å². The second-order valence-corrected chi connectivity index (χ2v) is 4.94. The van der Waals surface area contributed by atoms with Crippen LogP contribution in [-0.4, -0.2) is 15.0 Å². The molecule has 21 heavy (non-hydrogen) atoms. The van der Waals surface area contributed by atoms with Gasteiger partial charge in [0.15, 0.2) is 11.6 Å². The molecule has 106 valence electrons. The van der Waals surface area contributed by atoms with E-state index in [1.54, 1.807) is 6.08 Å². The number of allylic oxidation sites excluding steroid dienone is 4. The molecular formula is C18H19N3. The van der Waals surface area contributed by atoms with Crippen molar-refractivity contribution in [1.82, 2.24) is 15.0 Å². The summed E-state index contributed by atoms with van der Waals surface area (Å²) in [6.45, 7) is 13.6. The van der Waals surface area contributed by atoms with Gasteiger partial charge in [-0.15, -0.1) is 0 Å². The number of aromatic nitrogens is 3. The molecule has 0 radical (unpaired) electrons. The van der Waals surface area contributed by atoms with Gasteiger partial charge in [-0.05, 0) is 31.9 Å². The molecule has 0 amide bonds. The Hall–Kier alpha value is -2.55. The fourth-order valence-electron chi connectivity index (χ4n) is 2.07. The lowest BCUT2D eigenvalue weighted by Gasteiger charge is -2.09. The number of hydrogen-bond acceptors (Lipinski definition) is 3. The van der Waals surface area contributed by atoms with Crippen LogP contribution in [0.1, 0.15) is 24.1 Å². The molecule has 0 unspecified atom stereocenters. The number of nitrogens with zero attached hydrogens (tertiary/aromatic N) is 3. The summed E-state index contributed by atoms with van der Waals surface area (Å²) in [5, 5.41) is 0. The molecule has 2 aromatic rings. The topological polar surface area (TPSA) is 38.7 Å². The van der Waals surface area contributed by atoms with Gasteiger partial charge in [0.05, 0.1) is 0 Å². The lowest BCUT2D eigenvalue weighted by molar-refractivity contribution is 0.959. The molecule has 0 aliphatic rings. The maximum atomic E-state index is 4.61. The lowest BCUT2D eigenvalue weighted by Crippen LogP contribution is -2.03. The van der Waals surface area contributed by atoms with Gasteiger partial charge >= 0.3 is 0 Å². The van der Waals surface area contributed by atoms with Crippen LogP contribution in [0, 0.1) is 13.8 Å². The van der Waals surface area contributed by atoms with Crippen LogP contribution in [0.3, 0.4) is 0 Å². The first-order chi connectivity index (χ1) is 10.0. The van der Waals surface area contributed by atoms with Crippen molar-refractivity contribution in [2.45, 2.75) is 20.8 Å². The van der Waals surface area contributed by atoms with Crippen LogP contribution in [0.15, 0.2) is 55.1 Å². The molecule has 2 rings (SSSR count). The van der Waals surface area contributed by atoms with Gasteiger partial charge in [0.1, 0.15) is 5.82 Å². The van der Waals surface area contributed by atoms with Gasteiger partial charge in [-0.3, -0.25) is 0 Å². The summed E-state index contributed by atoms with van der Waals surface area (Å²) in [6, 6.07) is 8.06. The van der Waals surface area contributed by atoms with Gasteiger partial charge in [0, 0.05) is 11.1 Å². The van der Waals surface area contributed by atoms with Crippen LogP contribution in [0.4, 0.5) is 0 Å². The van der Waals surface area contributed by atoms with Crippen molar-refractivity contribution in [3.8, 4) is 11.4 Å². The lowest BCUT2D eigenvalue weighted by atomic mass is 10.1. The fourth-order valence-corrected chi connectivity index (χ4v) is 2.07. The minimum absolute atomic E-state index is 0.633. The standard InChI is InChI=1S/C18H19N3/c1-6-9-15(12(2)3)17-19-14(5)20-18(21-17)16-11-8-7-10-13(16)4/h6-11H,1-2H2,3-5H3/b15-9+. The molecule has 0 bridgehead atoms. The van der Waals surface area contributed by atoms with Crippen molar-refractivity contribution in [2.24, 2.45) is 0 Å². The summed E-state index contributed by atoms with van der Waals surface area (Å²) >= 11 is 0. The summed E-state index contributed by atoms with van der Waals surface area (Å²) < 4.78 is 0. The predicted molar refractivity (Wildman–Crippen MR) is 87.7 cm³/mol. The maximum absolute atomic E-state index is 4.61. The van der Waals surface area contributed by atoms with Crippen LogP contribution in [0.2, 0.25) is 0 Å². The average Bonchev–Trinajstić information content (AvgIpc) is 2.44. The Balaban J connectivity index is 2.62. The van der Waals surface area contributed by atoms with Gasteiger partial charge in [0.2, 0.25) is 0 Å². The highest BCUT2D eigenvalue weighted by atomic mass is 15.0. The van der Waals surface area contributed by atoms with Crippen molar-refractivity contribution in [2.75, 3.05) is 0 Å². The first-order valence-electron chi connectivity index (χ1n) is 6.80. The maximum Gasteiger partial charge on any atom is 0.163 e. The Labute approximate surface area is 125 Å². The van der Waals surface area contributed by atoms with E-state index in [1.165, 1.54) is 0 Å². The first-order valence-corrected chi connectivity index (χ1v) is 6.80. The molecule has 1 aromatic carbocycles. The number of aryl methyl sites for hydroxylation is 2. The van der Waals surface area contributed by atoms with Crippen LogP contribution >= 0.6 is 0 Å². The molecule has 1 heterocycles. The Morgan fingerprint density at radius 3 is 2.43 bits per heavy atom. The van der Waals surface area contributed by atoms with Crippen LogP contribution in [0.5, 0.6) is 0 Å². The van der Waals surface area contributed by atoms with Crippen LogP contribution in [-0.2, 0) is 0 Å². The predicted octanol–water partition coefficient (Wildman–Crippen LogP) is 4.30. The van der Waals surface area contributed by atoms with Crippen molar-refractivity contribution < 1.29 is 0 Å². The minimum atomic E-state index is 0.633. The summed E-state index contributed by atoms with van der Waals surface area (Å²) in [7, 11) is 0. The van der Waals surface area contributed by atoms with Crippen molar-refractivity contribution in [1.29, 1.82) is 0 Å². The molecule has 0 atom stereocenters. The first kappa shape index (κ1) is 14.9. The summed E-state index contributed by atoms with van der Waals surface area (Å²) in [5.41, 5.74) is 3.93. The minimum Gasteiger partial charge on any atom is -0.213 e. The van der Waals surface area contributed by atoms with E-state index in [0.29, 0.717) is 17.5 Å². The van der Waals surface area contributed by atoms with Gasteiger partial charge in [0.25, 0.3) is 0 Å².